The highest BCUT2D eigenvalue weighted by atomic mass is 16.2. The first-order valence-electron chi connectivity index (χ1n) is 14.8. The number of hydrogen-bond donors (Lipinski definition) is 1. The standard InChI is InChI=1S/C35H46N6O2/c1-7-12-27(23-33-16-15-29(24-34(36)39-33)35(43)41(19-9-3)20-10-4)28-13-14-30(26-42)31(22-28)25-38-40(6)21-17-32(11-5)37-18-8-2/h7-8,11-16,18,22-23,25-26H,5,9-10,17,19-21,24H2,1-4,6H3,(H2,36,39)/b12-7-,18-8-,27-23+,37-32+,38-25-. The van der Waals surface area contributed by atoms with Gasteiger partial charge in [0.15, 0.2) is 6.29 Å². The number of nitrogens with zero attached hydrogens (tertiary/aromatic N) is 5. The summed E-state index contributed by atoms with van der Waals surface area (Å²) in [5.41, 5.74) is 11.4. The molecule has 0 saturated carbocycles. The summed E-state index contributed by atoms with van der Waals surface area (Å²) in [4.78, 5) is 35.9. The summed E-state index contributed by atoms with van der Waals surface area (Å²) in [6.45, 7) is 13.9. The number of carbonyl (C=O) groups excluding carboxylic acids is 2. The molecule has 1 aliphatic heterocycles. The number of nitrogens with two attached hydrogens (primary N) is 1. The second-order valence-corrected chi connectivity index (χ2v) is 10.1. The van der Waals surface area contributed by atoms with Crippen molar-refractivity contribution in [3.8, 4) is 0 Å². The number of aldehydes is 1. The number of rotatable bonds is 16. The van der Waals surface area contributed by atoms with Gasteiger partial charge in [-0.25, -0.2) is 4.99 Å². The molecular weight excluding hydrogens is 536 g/mol. The van der Waals surface area contributed by atoms with Crippen LogP contribution in [0.25, 0.3) is 5.57 Å². The van der Waals surface area contributed by atoms with Gasteiger partial charge in [-0.2, -0.15) is 5.10 Å². The number of amidine groups is 1. The second-order valence-electron chi connectivity index (χ2n) is 10.1. The van der Waals surface area contributed by atoms with Gasteiger partial charge in [0.05, 0.1) is 11.9 Å². The third kappa shape index (κ3) is 11.3. The number of amides is 1. The van der Waals surface area contributed by atoms with E-state index in [1.165, 1.54) is 0 Å². The van der Waals surface area contributed by atoms with Crippen molar-refractivity contribution in [2.24, 2.45) is 20.8 Å². The number of hydrogen-bond acceptors (Lipinski definition) is 7. The van der Waals surface area contributed by atoms with E-state index in [2.05, 4.69) is 35.5 Å². The Balaban J connectivity index is 2.39. The number of allylic oxidation sites excluding steroid dienone is 8. The quantitative estimate of drug-likeness (QED) is 0.104. The molecule has 2 N–H and O–H groups in total. The van der Waals surface area contributed by atoms with Crippen LogP contribution < -0.4 is 5.73 Å². The van der Waals surface area contributed by atoms with E-state index in [1.807, 2.05) is 74.4 Å². The number of carbonyl (C=O) groups is 2. The molecule has 1 heterocycles. The molecular formula is C35H46N6O2. The number of hydrazone groups is 1. The Hall–Kier alpha value is -4.59. The highest BCUT2D eigenvalue weighted by Gasteiger charge is 2.19. The van der Waals surface area contributed by atoms with Gasteiger partial charge in [0, 0.05) is 68.1 Å². The maximum Gasteiger partial charge on any atom is 0.250 e. The minimum atomic E-state index is 0.00107. The maximum atomic E-state index is 13.2. The van der Waals surface area contributed by atoms with E-state index in [9.17, 15) is 9.59 Å². The first kappa shape index (κ1) is 34.6. The smallest absolute Gasteiger partial charge is 0.250 e. The molecule has 0 saturated heterocycles. The van der Waals surface area contributed by atoms with Crippen molar-refractivity contribution in [2.45, 2.75) is 53.4 Å². The van der Waals surface area contributed by atoms with E-state index in [4.69, 9.17) is 5.73 Å². The molecule has 1 aliphatic rings. The highest BCUT2D eigenvalue weighted by molar-refractivity contribution is 6.01. The van der Waals surface area contributed by atoms with Crippen LogP contribution in [0, 0.1) is 0 Å². The molecule has 0 radical (unpaired) electrons. The van der Waals surface area contributed by atoms with E-state index in [1.54, 1.807) is 29.6 Å². The van der Waals surface area contributed by atoms with E-state index < -0.39 is 0 Å². The van der Waals surface area contributed by atoms with Gasteiger partial charge in [-0.05, 0) is 62.1 Å². The van der Waals surface area contributed by atoms with Gasteiger partial charge in [0.1, 0.15) is 5.84 Å². The Labute approximate surface area is 257 Å². The lowest BCUT2D eigenvalue weighted by atomic mass is 9.98. The molecule has 228 valence electrons. The van der Waals surface area contributed by atoms with Crippen molar-refractivity contribution >= 4 is 35.5 Å². The van der Waals surface area contributed by atoms with Crippen molar-refractivity contribution < 1.29 is 9.59 Å². The highest BCUT2D eigenvalue weighted by Crippen LogP contribution is 2.23. The lowest BCUT2D eigenvalue weighted by Gasteiger charge is -2.22. The third-order valence-electron chi connectivity index (χ3n) is 6.56. The van der Waals surface area contributed by atoms with Gasteiger partial charge >= 0.3 is 0 Å². The molecule has 0 atom stereocenters. The zero-order valence-corrected chi connectivity index (χ0v) is 26.3. The summed E-state index contributed by atoms with van der Waals surface area (Å²) in [6, 6.07) is 5.61. The van der Waals surface area contributed by atoms with Crippen molar-refractivity contribution in [3.63, 3.8) is 0 Å². The van der Waals surface area contributed by atoms with Crippen LogP contribution in [0.3, 0.4) is 0 Å². The van der Waals surface area contributed by atoms with Gasteiger partial charge in [0.2, 0.25) is 5.91 Å². The van der Waals surface area contributed by atoms with Crippen molar-refractivity contribution in [3.05, 3.63) is 101 Å². The molecule has 0 spiro atoms. The molecule has 1 amide bonds. The van der Waals surface area contributed by atoms with Crippen molar-refractivity contribution in [1.82, 2.24) is 9.91 Å². The predicted molar refractivity (Wildman–Crippen MR) is 181 cm³/mol. The van der Waals surface area contributed by atoms with E-state index in [0.717, 1.165) is 36.0 Å². The van der Waals surface area contributed by atoms with Gasteiger partial charge < -0.3 is 10.6 Å². The number of benzene rings is 1. The molecule has 0 fully saturated rings. The Morgan fingerprint density at radius 2 is 1.84 bits per heavy atom. The fourth-order valence-corrected chi connectivity index (χ4v) is 4.39. The molecule has 8 heteroatoms. The largest absolute Gasteiger partial charge is 0.387 e. The molecule has 0 bridgehead atoms. The van der Waals surface area contributed by atoms with Gasteiger partial charge in [0.25, 0.3) is 0 Å². The van der Waals surface area contributed by atoms with Crippen LogP contribution in [-0.2, 0) is 4.79 Å². The SMILES string of the molecule is C=C/C(CCN(C)/N=C\c1cc(C(/C=C\C)=C/C2=CC=C(C(=O)N(CCC)CCC)CC(N)=N2)ccc1C=O)=N\C=C/C. The summed E-state index contributed by atoms with van der Waals surface area (Å²) >= 11 is 0. The maximum absolute atomic E-state index is 13.2. The summed E-state index contributed by atoms with van der Waals surface area (Å²) < 4.78 is 0. The first-order chi connectivity index (χ1) is 20.8. The summed E-state index contributed by atoms with van der Waals surface area (Å²) in [7, 11) is 1.87. The molecule has 8 nitrogen and oxygen atoms in total. The van der Waals surface area contributed by atoms with E-state index in [0.29, 0.717) is 60.7 Å². The molecule has 1 aromatic carbocycles. The van der Waals surface area contributed by atoms with E-state index >= 15 is 0 Å². The Bertz CT molecular complexity index is 1370. The Morgan fingerprint density at radius 3 is 2.47 bits per heavy atom. The normalized spacial score (nSPS) is 14.5. The second kappa shape index (κ2) is 18.8. The van der Waals surface area contributed by atoms with Crippen LogP contribution in [0.1, 0.15) is 74.9 Å². The fourth-order valence-electron chi connectivity index (χ4n) is 4.39. The third-order valence-corrected chi connectivity index (χ3v) is 6.56. The topological polar surface area (TPSA) is 104 Å². The number of aliphatic imine (C=N–C) groups is 2. The zero-order chi connectivity index (χ0) is 31.6. The van der Waals surface area contributed by atoms with Crippen LogP contribution in [-0.4, -0.2) is 66.5 Å². The summed E-state index contributed by atoms with van der Waals surface area (Å²) in [6.07, 6.45) is 20.1. The minimum Gasteiger partial charge on any atom is -0.387 e. The van der Waals surface area contributed by atoms with Gasteiger partial charge in [-0.15, -0.1) is 0 Å². The lowest BCUT2D eigenvalue weighted by Crippen LogP contribution is -2.34. The fraction of sp³-hybridized carbons (Fsp3) is 0.343. The Kier molecular flexibility index (Phi) is 15.1. The first-order valence-corrected chi connectivity index (χ1v) is 14.8. The van der Waals surface area contributed by atoms with Crippen LogP contribution in [0.4, 0.5) is 0 Å². The molecule has 0 aromatic heterocycles. The molecule has 0 unspecified atom stereocenters. The zero-order valence-electron chi connectivity index (χ0n) is 26.3. The average molecular weight is 583 g/mol. The lowest BCUT2D eigenvalue weighted by molar-refractivity contribution is -0.127. The molecule has 0 aliphatic carbocycles. The van der Waals surface area contributed by atoms with Crippen LogP contribution >= 0.6 is 0 Å². The van der Waals surface area contributed by atoms with Crippen molar-refractivity contribution in [2.75, 3.05) is 26.7 Å². The van der Waals surface area contributed by atoms with Crippen molar-refractivity contribution in [1.29, 1.82) is 0 Å². The van der Waals surface area contributed by atoms with Gasteiger partial charge in [-0.3, -0.25) is 19.6 Å². The van der Waals surface area contributed by atoms with E-state index in [-0.39, 0.29) is 5.91 Å². The minimum absolute atomic E-state index is 0.00107. The van der Waals surface area contributed by atoms with Crippen LogP contribution in [0.15, 0.2) is 99.9 Å². The predicted octanol–water partition coefficient (Wildman–Crippen LogP) is 6.49. The summed E-state index contributed by atoms with van der Waals surface area (Å²) in [5.74, 6) is 0.385. The molecule has 1 aromatic rings. The Morgan fingerprint density at radius 1 is 1.09 bits per heavy atom. The molecule has 43 heavy (non-hydrogen) atoms. The van der Waals surface area contributed by atoms with Crippen LogP contribution in [0.2, 0.25) is 0 Å². The van der Waals surface area contributed by atoms with Gasteiger partial charge in [-0.1, -0.05) is 56.9 Å². The monoisotopic (exact) mass is 582 g/mol. The molecule has 2 rings (SSSR count). The average Bonchev–Trinajstić information content (AvgIpc) is 3.19. The van der Waals surface area contributed by atoms with Crippen LogP contribution in [0.5, 0.6) is 0 Å². The summed E-state index contributed by atoms with van der Waals surface area (Å²) in [5, 5.41) is 6.36.